The van der Waals surface area contributed by atoms with Gasteiger partial charge in [0.05, 0.1) is 18.7 Å². The molecule has 1 atom stereocenters. The third-order valence-electron chi connectivity index (χ3n) is 3.32. The topological polar surface area (TPSA) is 75.2 Å². The van der Waals surface area contributed by atoms with Gasteiger partial charge < -0.3 is 15.4 Å². The van der Waals surface area contributed by atoms with E-state index in [9.17, 15) is 0 Å². The van der Waals surface area contributed by atoms with Gasteiger partial charge in [-0.1, -0.05) is 18.2 Å². The second kappa shape index (κ2) is 4.85. The lowest BCUT2D eigenvalue weighted by Gasteiger charge is -2.33. The molecule has 2 heterocycles. The van der Waals surface area contributed by atoms with Crippen LogP contribution in [0.3, 0.4) is 0 Å². The number of aromatic nitrogens is 1. The quantitative estimate of drug-likeness (QED) is 0.628. The molecule has 0 bridgehead atoms. The third-order valence-corrected chi connectivity index (χ3v) is 3.32. The first kappa shape index (κ1) is 11.9. The summed E-state index contributed by atoms with van der Waals surface area (Å²) in [6, 6.07) is 12.1. The van der Waals surface area contributed by atoms with Crippen molar-refractivity contribution in [3.05, 3.63) is 36.4 Å². The van der Waals surface area contributed by atoms with Crippen LogP contribution in [0.5, 0.6) is 0 Å². The highest BCUT2D eigenvalue weighted by Crippen LogP contribution is 2.19. The van der Waals surface area contributed by atoms with E-state index in [0.29, 0.717) is 13.2 Å². The lowest BCUT2D eigenvalue weighted by Crippen LogP contribution is -2.48. The number of ether oxygens (including phenoxy) is 1. The number of para-hydroxylation sites is 1. The number of hydrogen-bond acceptors (Lipinski definition) is 4. The van der Waals surface area contributed by atoms with E-state index >= 15 is 0 Å². The first-order chi connectivity index (χ1) is 9.24. The number of fused-ring (bicyclic) bond motifs is 1. The monoisotopic (exact) mass is 256 g/mol. The maximum Gasteiger partial charge on any atom is 0.131 e. The van der Waals surface area contributed by atoms with Crippen LogP contribution >= 0.6 is 0 Å². The minimum atomic E-state index is -0.331. The van der Waals surface area contributed by atoms with E-state index in [1.165, 1.54) is 0 Å². The smallest absolute Gasteiger partial charge is 0.131 e. The molecule has 1 aromatic carbocycles. The predicted octanol–water partition coefficient (Wildman–Crippen LogP) is 1.38. The van der Waals surface area contributed by atoms with Crippen LogP contribution in [0.4, 0.5) is 5.82 Å². The molecule has 1 aromatic heterocycles. The highest BCUT2D eigenvalue weighted by atomic mass is 16.5. The Morgan fingerprint density at radius 3 is 3.00 bits per heavy atom. The molecule has 0 amide bonds. The van der Waals surface area contributed by atoms with Crippen LogP contribution in [0.2, 0.25) is 0 Å². The van der Waals surface area contributed by atoms with Gasteiger partial charge in [-0.05, 0) is 18.2 Å². The summed E-state index contributed by atoms with van der Waals surface area (Å²) in [7, 11) is 0. The summed E-state index contributed by atoms with van der Waals surface area (Å²) in [6.07, 6.45) is -0.331. The molecule has 1 aliphatic rings. The van der Waals surface area contributed by atoms with Gasteiger partial charge in [-0.2, -0.15) is 0 Å². The molecule has 19 heavy (non-hydrogen) atoms. The maximum absolute atomic E-state index is 7.48. The number of nitrogens with zero attached hydrogens (tertiary/aromatic N) is 2. The van der Waals surface area contributed by atoms with Crippen molar-refractivity contribution < 1.29 is 4.74 Å². The molecule has 5 nitrogen and oxygen atoms in total. The largest absolute Gasteiger partial charge is 0.385 e. The fourth-order valence-electron chi connectivity index (χ4n) is 2.28. The zero-order valence-electron chi connectivity index (χ0n) is 10.5. The van der Waals surface area contributed by atoms with Crippen LogP contribution in [-0.4, -0.2) is 36.6 Å². The van der Waals surface area contributed by atoms with Gasteiger partial charge in [0, 0.05) is 11.9 Å². The average molecular weight is 256 g/mol. The van der Waals surface area contributed by atoms with Crippen LogP contribution < -0.4 is 10.6 Å². The van der Waals surface area contributed by atoms with E-state index in [4.69, 9.17) is 15.9 Å². The second-order valence-electron chi connectivity index (χ2n) is 4.62. The number of amidine groups is 1. The Bertz CT molecular complexity index is 613. The van der Waals surface area contributed by atoms with Crippen LogP contribution in [0.15, 0.2) is 36.4 Å². The van der Waals surface area contributed by atoms with Gasteiger partial charge in [0.2, 0.25) is 0 Å². The number of anilines is 1. The van der Waals surface area contributed by atoms with Gasteiger partial charge in [0.25, 0.3) is 0 Å². The molecule has 1 saturated heterocycles. The van der Waals surface area contributed by atoms with Crippen LogP contribution in [0, 0.1) is 5.41 Å². The van der Waals surface area contributed by atoms with Crippen molar-refractivity contribution in [3.63, 3.8) is 0 Å². The number of rotatable bonds is 2. The molecule has 0 radical (unpaired) electrons. The Labute approximate surface area is 111 Å². The van der Waals surface area contributed by atoms with E-state index in [2.05, 4.69) is 16.0 Å². The zero-order chi connectivity index (χ0) is 13.2. The first-order valence-corrected chi connectivity index (χ1v) is 6.30. The first-order valence-electron chi connectivity index (χ1n) is 6.30. The second-order valence-corrected chi connectivity index (χ2v) is 4.62. The summed E-state index contributed by atoms with van der Waals surface area (Å²) in [5.41, 5.74) is 6.49. The number of nitrogens with two attached hydrogens (primary N) is 1. The molecule has 0 saturated carbocycles. The third kappa shape index (κ3) is 2.37. The molecule has 98 valence electrons. The Balaban J connectivity index is 1.89. The highest BCUT2D eigenvalue weighted by molar-refractivity contribution is 5.83. The zero-order valence-corrected chi connectivity index (χ0v) is 10.5. The van der Waals surface area contributed by atoms with Gasteiger partial charge in [0.15, 0.2) is 0 Å². The van der Waals surface area contributed by atoms with Crippen molar-refractivity contribution in [1.29, 1.82) is 5.41 Å². The van der Waals surface area contributed by atoms with Crippen molar-refractivity contribution in [2.24, 2.45) is 5.73 Å². The van der Waals surface area contributed by atoms with Gasteiger partial charge >= 0.3 is 0 Å². The van der Waals surface area contributed by atoms with Gasteiger partial charge in [-0.25, -0.2) is 4.98 Å². The molecule has 3 N–H and O–H groups in total. The van der Waals surface area contributed by atoms with E-state index in [0.717, 1.165) is 23.3 Å². The van der Waals surface area contributed by atoms with Gasteiger partial charge in [-0.15, -0.1) is 0 Å². The molecule has 2 aromatic rings. The summed E-state index contributed by atoms with van der Waals surface area (Å²) in [6.45, 7) is 1.93. The number of pyridine rings is 1. The van der Waals surface area contributed by atoms with Crippen molar-refractivity contribution in [2.75, 3.05) is 24.6 Å². The Hall–Kier alpha value is -2.14. The van der Waals surface area contributed by atoms with Crippen molar-refractivity contribution in [1.82, 2.24) is 4.98 Å². The lowest BCUT2D eigenvalue weighted by molar-refractivity contribution is 0.0823. The molecule has 1 fully saturated rings. The molecule has 0 spiro atoms. The number of benzene rings is 1. The van der Waals surface area contributed by atoms with E-state index in [1.807, 2.05) is 30.3 Å². The molecular formula is C14H16N4O. The lowest BCUT2D eigenvalue weighted by atomic mass is 10.2. The molecule has 0 aliphatic carbocycles. The average Bonchev–Trinajstić information content (AvgIpc) is 2.47. The molecule has 1 unspecified atom stereocenters. The summed E-state index contributed by atoms with van der Waals surface area (Å²) >= 11 is 0. The predicted molar refractivity (Wildman–Crippen MR) is 75.6 cm³/mol. The number of morpholine rings is 1. The molecule has 1 aliphatic heterocycles. The summed E-state index contributed by atoms with van der Waals surface area (Å²) < 4.78 is 5.46. The highest BCUT2D eigenvalue weighted by Gasteiger charge is 2.23. The maximum atomic E-state index is 7.48. The number of hydrogen-bond donors (Lipinski definition) is 2. The van der Waals surface area contributed by atoms with Crippen LogP contribution in [-0.2, 0) is 4.74 Å². The van der Waals surface area contributed by atoms with Crippen molar-refractivity contribution in [2.45, 2.75) is 6.10 Å². The number of nitrogens with one attached hydrogen (secondary N) is 1. The molecule has 3 rings (SSSR count). The normalized spacial score (nSPS) is 19.6. The van der Waals surface area contributed by atoms with Crippen LogP contribution in [0.1, 0.15) is 0 Å². The van der Waals surface area contributed by atoms with E-state index in [1.54, 1.807) is 0 Å². The fraction of sp³-hybridized carbons (Fsp3) is 0.286. The standard InChI is InChI=1S/C14H16N4O/c15-14(16)12-9-18(7-8-19-12)13-6-5-10-3-1-2-4-11(10)17-13/h1-6,12H,7-9H2,(H3,15,16). The van der Waals surface area contributed by atoms with Crippen molar-refractivity contribution in [3.8, 4) is 0 Å². The summed E-state index contributed by atoms with van der Waals surface area (Å²) in [5, 5.41) is 8.61. The fourth-order valence-corrected chi connectivity index (χ4v) is 2.28. The minimum absolute atomic E-state index is 0.0745. The Kier molecular flexibility index (Phi) is 3.05. The van der Waals surface area contributed by atoms with E-state index < -0.39 is 0 Å². The summed E-state index contributed by atoms with van der Waals surface area (Å²) in [5.74, 6) is 0.985. The van der Waals surface area contributed by atoms with E-state index in [-0.39, 0.29) is 11.9 Å². The Morgan fingerprint density at radius 1 is 1.32 bits per heavy atom. The Morgan fingerprint density at radius 2 is 2.16 bits per heavy atom. The minimum Gasteiger partial charge on any atom is -0.385 e. The SMILES string of the molecule is N=C(N)C1CN(c2ccc3ccccc3n2)CCO1. The van der Waals surface area contributed by atoms with Gasteiger partial charge in [0.1, 0.15) is 17.8 Å². The van der Waals surface area contributed by atoms with Crippen molar-refractivity contribution >= 4 is 22.6 Å². The van der Waals surface area contributed by atoms with Gasteiger partial charge in [-0.3, -0.25) is 5.41 Å². The van der Waals surface area contributed by atoms with Crippen LogP contribution in [0.25, 0.3) is 10.9 Å². The summed E-state index contributed by atoms with van der Waals surface area (Å²) in [4.78, 5) is 6.76. The molecule has 5 heteroatoms. The molecular weight excluding hydrogens is 240 g/mol.